The van der Waals surface area contributed by atoms with Crippen molar-refractivity contribution in [1.29, 1.82) is 0 Å². The molecule has 2 aliphatic rings. The normalized spacial score (nSPS) is 25.0. The van der Waals surface area contributed by atoms with Crippen LogP contribution in [0.1, 0.15) is 36.2 Å². The number of halogens is 1. The molecule has 0 saturated carbocycles. The molecule has 1 fully saturated rings. The smallest absolute Gasteiger partial charge is 0.342 e. The number of carbonyl (C=O) groups is 1. The lowest BCUT2D eigenvalue weighted by atomic mass is 9.98. The van der Waals surface area contributed by atoms with Gasteiger partial charge in [0.15, 0.2) is 0 Å². The van der Waals surface area contributed by atoms with Gasteiger partial charge in [0.05, 0.1) is 10.7 Å². The van der Waals surface area contributed by atoms with Crippen LogP contribution >= 0.6 is 11.6 Å². The van der Waals surface area contributed by atoms with Gasteiger partial charge >= 0.3 is 5.97 Å². The Hall–Kier alpha value is -1.50. The van der Waals surface area contributed by atoms with E-state index in [4.69, 9.17) is 31.5 Å². The molecule has 132 valence electrons. The molecule has 2 aliphatic heterocycles. The molecule has 1 aromatic carbocycles. The molecule has 0 aliphatic carbocycles. The Labute approximate surface area is 146 Å². The second-order valence-electron chi connectivity index (χ2n) is 6.88. The number of methoxy groups -OCH3 is 1. The van der Waals surface area contributed by atoms with Crippen LogP contribution in [0, 0.1) is 0 Å². The third kappa shape index (κ3) is 3.18. The molecule has 0 spiro atoms. The van der Waals surface area contributed by atoms with E-state index < -0.39 is 11.6 Å². The van der Waals surface area contributed by atoms with E-state index in [1.54, 1.807) is 7.11 Å². The van der Waals surface area contributed by atoms with Crippen molar-refractivity contribution >= 4 is 23.3 Å². The standard InChI is InChI=1S/C17H23ClN2O4/c1-17(2)7-10-14(19)11(18)6-9(15(10)24-17)16(21)23-12-4-5-20-8-13(12)22-3/h6,12-13,20H,4-5,7-8,19H2,1-3H3/t12-,13+/m0/s1. The Balaban J connectivity index is 1.88. The van der Waals surface area contributed by atoms with E-state index >= 15 is 0 Å². The fourth-order valence-corrected chi connectivity index (χ4v) is 3.48. The van der Waals surface area contributed by atoms with Crippen molar-refractivity contribution in [3.05, 3.63) is 22.2 Å². The number of anilines is 1. The Bertz CT molecular complexity index is 662. The van der Waals surface area contributed by atoms with Crippen LogP contribution in [0.5, 0.6) is 5.75 Å². The summed E-state index contributed by atoms with van der Waals surface area (Å²) in [4.78, 5) is 12.7. The largest absolute Gasteiger partial charge is 0.486 e. The van der Waals surface area contributed by atoms with Gasteiger partial charge in [-0.2, -0.15) is 0 Å². The molecule has 3 rings (SSSR count). The fraction of sp³-hybridized carbons (Fsp3) is 0.588. The molecule has 0 unspecified atom stereocenters. The molecule has 0 bridgehead atoms. The zero-order valence-electron chi connectivity index (χ0n) is 14.1. The Morgan fingerprint density at radius 1 is 1.46 bits per heavy atom. The summed E-state index contributed by atoms with van der Waals surface area (Å²) in [6, 6.07) is 1.53. The summed E-state index contributed by atoms with van der Waals surface area (Å²) in [5, 5.41) is 3.56. The van der Waals surface area contributed by atoms with Crippen LogP contribution in [-0.4, -0.2) is 44.0 Å². The maximum absolute atomic E-state index is 12.7. The zero-order valence-corrected chi connectivity index (χ0v) is 14.9. The molecule has 2 atom stereocenters. The number of hydrogen-bond acceptors (Lipinski definition) is 6. The van der Waals surface area contributed by atoms with Gasteiger partial charge in [-0.15, -0.1) is 0 Å². The van der Waals surface area contributed by atoms with Gasteiger partial charge in [-0.25, -0.2) is 4.79 Å². The second-order valence-corrected chi connectivity index (χ2v) is 7.28. The van der Waals surface area contributed by atoms with Gasteiger partial charge in [0.1, 0.15) is 29.1 Å². The average Bonchev–Trinajstić information content (AvgIpc) is 2.87. The fourth-order valence-electron chi connectivity index (χ4n) is 3.26. The van der Waals surface area contributed by atoms with E-state index in [-0.39, 0.29) is 12.2 Å². The molecule has 24 heavy (non-hydrogen) atoms. The van der Waals surface area contributed by atoms with Gasteiger partial charge in [0, 0.05) is 25.6 Å². The molecule has 6 nitrogen and oxygen atoms in total. The lowest BCUT2D eigenvalue weighted by Crippen LogP contribution is -2.47. The van der Waals surface area contributed by atoms with Crippen LogP contribution < -0.4 is 15.8 Å². The predicted octanol–water partition coefficient (Wildman–Crippen LogP) is 2.17. The highest BCUT2D eigenvalue weighted by Gasteiger charge is 2.37. The molecule has 0 amide bonds. The van der Waals surface area contributed by atoms with Crippen molar-refractivity contribution in [2.45, 2.75) is 44.5 Å². The lowest BCUT2D eigenvalue weighted by molar-refractivity contribution is -0.0476. The highest BCUT2D eigenvalue weighted by molar-refractivity contribution is 6.33. The highest BCUT2D eigenvalue weighted by atomic mass is 35.5. The van der Waals surface area contributed by atoms with Crippen molar-refractivity contribution in [3.8, 4) is 5.75 Å². The number of hydrogen-bond donors (Lipinski definition) is 2. The first kappa shape index (κ1) is 17.3. The van der Waals surface area contributed by atoms with Crippen LogP contribution in [0.2, 0.25) is 5.02 Å². The number of piperidine rings is 1. The first-order chi connectivity index (χ1) is 11.3. The molecule has 0 radical (unpaired) electrons. The van der Waals surface area contributed by atoms with E-state index in [0.717, 1.165) is 12.1 Å². The van der Waals surface area contributed by atoms with Crippen LogP contribution in [0.4, 0.5) is 5.69 Å². The minimum Gasteiger partial charge on any atom is -0.486 e. The number of carbonyl (C=O) groups excluding carboxylic acids is 1. The Morgan fingerprint density at radius 2 is 2.21 bits per heavy atom. The monoisotopic (exact) mass is 354 g/mol. The van der Waals surface area contributed by atoms with E-state index in [9.17, 15) is 4.79 Å². The topological polar surface area (TPSA) is 82.8 Å². The Kier molecular flexibility index (Phi) is 4.64. The maximum atomic E-state index is 12.7. The van der Waals surface area contributed by atoms with Gasteiger partial charge in [-0.3, -0.25) is 0 Å². The third-order valence-electron chi connectivity index (χ3n) is 4.50. The van der Waals surface area contributed by atoms with Gasteiger partial charge in [0.2, 0.25) is 0 Å². The predicted molar refractivity (Wildman–Crippen MR) is 91.8 cm³/mol. The lowest BCUT2D eigenvalue weighted by Gasteiger charge is -2.30. The number of fused-ring (bicyclic) bond motifs is 1. The van der Waals surface area contributed by atoms with E-state index in [2.05, 4.69) is 5.32 Å². The number of nitrogens with one attached hydrogen (secondary N) is 1. The number of rotatable bonds is 3. The van der Waals surface area contributed by atoms with Crippen molar-refractivity contribution in [2.75, 3.05) is 25.9 Å². The minimum absolute atomic E-state index is 0.169. The molecule has 7 heteroatoms. The summed E-state index contributed by atoms with van der Waals surface area (Å²) in [6.45, 7) is 5.33. The van der Waals surface area contributed by atoms with Crippen molar-refractivity contribution < 1.29 is 19.0 Å². The SMILES string of the molecule is CO[C@@H]1CNCC[C@@H]1OC(=O)c1cc(Cl)c(N)c2c1OC(C)(C)C2. The average molecular weight is 355 g/mol. The van der Waals surface area contributed by atoms with Gasteiger partial charge < -0.3 is 25.3 Å². The molecular weight excluding hydrogens is 332 g/mol. The number of benzene rings is 1. The zero-order chi connectivity index (χ0) is 17.5. The second kappa shape index (κ2) is 6.43. The van der Waals surface area contributed by atoms with Crippen LogP contribution in [0.25, 0.3) is 0 Å². The summed E-state index contributed by atoms with van der Waals surface area (Å²) in [6.07, 6.45) is 0.826. The molecule has 1 saturated heterocycles. The molecule has 3 N–H and O–H groups in total. The van der Waals surface area contributed by atoms with Crippen molar-refractivity contribution in [1.82, 2.24) is 5.32 Å². The molecule has 1 aromatic rings. The number of ether oxygens (including phenoxy) is 3. The van der Waals surface area contributed by atoms with Crippen molar-refractivity contribution in [3.63, 3.8) is 0 Å². The molecule has 2 heterocycles. The Morgan fingerprint density at radius 3 is 2.92 bits per heavy atom. The number of nitrogen functional groups attached to an aromatic ring is 1. The summed E-state index contributed by atoms with van der Waals surface area (Å²) in [5.74, 6) is 0.0228. The van der Waals surface area contributed by atoms with Gasteiger partial charge in [-0.1, -0.05) is 11.6 Å². The summed E-state index contributed by atoms with van der Waals surface area (Å²) in [7, 11) is 1.61. The summed E-state index contributed by atoms with van der Waals surface area (Å²) in [5.41, 5.74) is 7.19. The highest BCUT2D eigenvalue weighted by Crippen LogP contribution is 2.44. The summed E-state index contributed by atoms with van der Waals surface area (Å²) < 4.78 is 17.0. The number of nitrogens with two attached hydrogens (primary N) is 1. The van der Waals surface area contributed by atoms with Crippen LogP contribution in [0.15, 0.2) is 6.07 Å². The van der Waals surface area contributed by atoms with Crippen molar-refractivity contribution in [2.24, 2.45) is 0 Å². The van der Waals surface area contributed by atoms with E-state index in [0.29, 0.717) is 41.4 Å². The first-order valence-corrected chi connectivity index (χ1v) is 8.44. The van der Waals surface area contributed by atoms with E-state index in [1.807, 2.05) is 13.8 Å². The third-order valence-corrected chi connectivity index (χ3v) is 4.81. The van der Waals surface area contributed by atoms with Crippen LogP contribution in [-0.2, 0) is 15.9 Å². The summed E-state index contributed by atoms with van der Waals surface area (Å²) >= 11 is 6.21. The molecule has 0 aromatic heterocycles. The maximum Gasteiger partial charge on any atom is 0.342 e. The van der Waals surface area contributed by atoms with Gasteiger partial charge in [-0.05, 0) is 32.9 Å². The quantitative estimate of drug-likeness (QED) is 0.639. The van der Waals surface area contributed by atoms with Gasteiger partial charge in [0.25, 0.3) is 0 Å². The first-order valence-electron chi connectivity index (χ1n) is 8.07. The number of esters is 1. The minimum atomic E-state index is -0.459. The van der Waals surface area contributed by atoms with E-state index in [1.165, 1.54) is 6.07 Å². The van der Waals surface area contributed by atoms with Crippen LogP contribution in [0.3, 0.4) is 0 Å². The molecular formula is C17H23ClN2O4.